The van der Waals surface area contributed by atoms with E-state index in [4.69, 9.17) is 9.47 Å². The van der Waals surface area contributed by atoms with Crippen molar-refractivity contribution < 1.29 is 28.7 Å². The van der Waals surface area contributed by atoms with Crippen molar-refractivity contribution in [1.29, 1.82) is 0 Å². The van der Waals surface area contributed by atoms with E-state index in [1.165, 1.54) is 0 Å². The topological polar surface area (TPSA) is 86.7 Å². The van der Waals surface area contributed by atoms with Crippen molar-refractivity contribution in [3.05, 3.63) is 0 Å². The number of carbonyl (C=O) groups is 4. The van der Waals surface area contributed by atoms with E-state index < -0.39 is 23.8 Å². The van der Waals surface area contributed by atoms with Gasteiger partial charge in [-0.2, -0.15) is 0 Å². The predicted octanol–water partition coefficient (Wildman–Crippen LogP) is 1.75. The zero-order chi connectivity index (χ0) is 20.6. The highest BCUT2D eigenvalue weighted by atomic mass is 16.6. The van der Waals surface area contributed by atoms with E-state index in [1.54, 1.807) is 13.8 Å². The minimum atomic E-state index is -1.15. The SMILES string of the molecule is CCOC(=O)C(C(=O)OCC)C1[C@H]2C(=O)[C@@H]3[C@H]4C5C6[C@@H]3CC[C@@H]6[C@H]3C(=O)[C@H]1[C@@H]([C@H]53)[C@@H]42. The molecule has 0 bridgehead atoms. The van der Waals surface area contributed by atoms with Crippen LogP contribution in [0.1, 0.15) is 26.7 Å². The zero-order valence-corrected chi connectivity index (χ0v) is 17.4. The summed E-state index contributed by atoms with van der Waals surface area (Å²) in [5.74, 6) is 0.262. The van der Waals surface area contributed by atoms with Gasteiger partial charge in [-0.3, -0.25) is 19.2 Å². The largest absolute Gasteiger partial charge is 0.465 e. The summed E-state index contributed by atoms with van der Waals surface area (Å²) in [5, 5.41) is 0. The lowest BCUT2D eigenvalue weighted by Gasteiger charge is -2.31. The normalized spacial score (nSPS) is 54.7. The number of Topliss-reactive ketones (excluding diaryl/α,β-unsaturated/α-hetero) is 2. The first kappa shape index (κ1) is 17.9. The van der Waals surface area contributed by atoms with Crippen LogP contribution in [0.5, 0.6) is 0 Å². The average molecular weight is 412 g/mol. The summed E-state index contributed by atoms with van der Waals surface area (Å²) in [5.41, 5.74) is 0. The Bertz CT molecular complexity index is 826. The lowest BCUT2D eigenvalue weighted by Crippen LogP contribution is -2.44. The number of hydrogen-bond acceptors (Lipinski definition) is 6. The van der Waals surface area contributed by atoms with Crippen LogP contribution in [0.3, 0.4) is 0 Å². The molecular weight excluding hydrogens is 384 g/mol. The van der Waals surface area contributed by atoms with Crippen molar-refractivity contribution in [3.8, 4) is 0 Å². The maximum Gasteiger partial charge on any atom is 0.320 e. The molecule has 0 radical (unpaired) electrons. The summed E-state index contributed by atoms with van der Waals surface area (Å²) in [6, 6.07) is 0. The van der Waals surface area contributed by atoms with Crippen molar-refractivity contribution in [2.45, 2.75) is 26.7 Å². The Morgan fingerprint density at radius 2 is 1.17 bits per heavy atom. The van der Waals surface area contributed by atoms with E-state index in [0.29, 0.717) is 35.5 Å². The van der Waals surface area contributed by atoms with Gasteiger partial charge in [0.05, 0.1) is 13.2 Å². The average Bonchev–Trinajstić information content (AvgIpc) is 3.47. The molecule has 7 saturated carbocycles. The van der Waals surface area contributed by atoms with E-state index in [2.05, 4.69) is 0 Å². The fourth-order valence-corrected chi connectivity index (χ4v) is 10.8. The first-order valence-corrected chi connectivity index (χ1v) is 11.9. The lowest BCUT2D eigenvalue weighted by atomic mass is 9.71. The molecule has 0 spiro atoms. The van der Waals surface area contributed by atoms with Gasteiger partial charge in [0.15, 0.2) is 5.92 Å². The highest BCUT2D eigenvalue weighted by Crippen LogP contribution is 2.84. The second kappa shape index (κ2) is 5.55. The molecule has 7 aliphatic rings. The smallest absolute Gasteiger partial charge is 0.320 e. The number of hydrogen-bond donors (Lipinski definition) is 0. The maximum absolute atomic E-state index is 13.8. The maximum atomic E-state index is 13.8. The van der Waals surface area contributed by atoms with Crippen LogP contribution in [-0.4, -0.2) is 36.7 Å². The van der Waals surface area contributed by atoms with Gasteiger partial charge in [-0.05, 0) is 74.0 Å². The van der Waals surface area contributed by atoms with Gasteiger partial charge in [0.2, 0.25) is 0 Å². The molecular formula is C24H28O6. The van der Waals surface area contributed by atoms with Gasteiger partial charge in [-0.1, -0.05) is 0 Å². The Labute approximate surface area is 175 Å². The van der Waals surface area contributed by atoms with Crippen molar-refractivity contribution in [1.82, 2.24) is 0 Å². The Hall–Kier alpha value is -1.72. The number of rotatable bonds is 5. The number of esters is 2. The molecule has 0 aromatic heterocycles. The quantitative estimate of drug-likeness (QED) is 0.505. The zero-order valence-electron chi connectivity index (χ0n) is 17.4. The summed E-state index contributed by atoms with van der Waals surface area (Å²) in [7, 11) is 0. The fourth-order valence-electron chi connectivity index (χ4n) is 10.8. The standard InChI is InChI=1S/C24H28O6/c1-3-29-23(27)20(24(28)30-4-2)17-18-15-13-10(21(18)25)7-5-6-8-9(7)12(13)14-11(8)22(26)19(17)16(14)15/h7-20H,3-6H2,1-2H3/t7-,8-,9?,10-,11+,12?,13-,14-,15+,16-,17?,18-,19-/m0/s1. The van der Waals surface area contributed by atoms with Crippen LogP contribution in [0.25, 0.3) is 0 Å². The Morgan fingerprint density at radius 3 is 1.60 bits per heavy atom. The highest BCUT2D eigenvalue weighted by Gasteiger charge is 2.86. The summed E-state index contributed by atoms with van der Waals surface area (Å²) in [6.45, 7) is 3.75. The van der Waals surface area contributed by atoms with Crippen LogP contribution >= 0.6 is 0 Å². The Kier molecular flexibility index (Phi) is 3.31. The molecule has 6 nitrogen and oxygen atoms in total. The Morgan fingerprint density at radius 1 is 0.733 bits per heavy atom. The minimum Gasteiger partial charge on any atom is -0.465 e. The molecule has 3 unspecified atom stereocenters. The van der Waals surface area contributed by atoms with Crippen LogP contribution in [0.4, 0.5) is 0 Å². The van der Waals surface area contributed by atoms with E-state index in [1.807, 2.05) is 0 Å². The van der Waals surface area contributed by atoms with E-state index in [9.17, 15) is 19.2 Å². The fraction of sp³-hybridized carbons (Fsp3) is 0.833. The van der Waals surface area contributed by atoms with Gasteiger partial charge in [-0.25, -0.2) is 0 Å². The molecule has 0 N–H and O–H groups in total. The molecule has 0 amide bonds. The van der Waals surface area contributed by atoms with Gasteiger partial charge in [0.1, 0.15) is 11.6 Å². The van der Waals surface area contributed by atoms with E-state index in [0.717, 1.165) is 12.8 Å². The molecule has 7 rings (SSSR count). The van der Waals surface area contributed by atoms with Crippen LogP contribution < -0.4 is 0 Å². The van der Waals surface area contributed by atoms with Gasteiger partial charge in [0, 0.05) is 29.6 Å². The molecule has 30 heavy (non-hydrogen) atoms. The summed E-state index contributed by atoms with van der Waals surface area (Å²) in [4.78, 5) is 53.6. The third-order valence-corrected chi connectivity index (χ3v) is 10.7. The van der Waals surface area contributed by atoms with Crippen molar-refractivity contribution in [2.24, 2.45) is 82.9 Å². The number of carbonyl (C=O) groups excluding carboxylic acids is 4. The summed E-state index contributed by atoms with van der Waals surface area (Å²) >= 11 is 0. The first-order valence-electron chi connectivity index (χ1n) is 11.9. The molecule has 0 aromatic carbocycles. The van der Waals surface area contributed by atoms with E-state index in [-0.39, 0.29) is 60.3 Å². The minimum absolute atomic E-state index is 0.107. The third-order valence-electron chi connectivity index (χ3n) is 10.7. The highest BCUT2D eigenvalue weighted by molar-refractivity contribution is 6.01. The van der Waals surface area contributed by atoms with Crippen LogP contribution in [-0.2, 0) is 28.7 Å². The second-order valence-corrected chi connectivity index (χ2v) is 10.8. The molecule has 13 atom stereocenters. The van der Waals surface area contributed by atoms with E-state index >= 15 is 0 Å². The Balaban J connectivity index is 1.39. The van der Waals surface area contributed by atoms with Crippen molar-refractivity contribution >= 4 is 23.5 Å². The molecule has 6 heteroatoms. The number of ether oxygens (including phenoxy) is 2. The summed E-state index contributed by atoms with van der Waals surface area (Å²) in [6.07, 6.45) is 2.15. The molecule has 7 aliphatic carbocycles. The van der Waals surface area contributed by atoms with Gasteiger partial charge < -0.3 is 9.47 Å². The van der Waals surface area contributed by atoms with Crippen molar-refractivity contribution in [3.63, 3.8) is 0 Å². The number of fused-ring (bicyclic) bond motifs is 2. The third kappa shape index (κ3) is 1.64. The molecule has 0 saturated heterocycles. The monoisotopic (exact) mass is 412 g/mol. The molecule has 160 valence electrons. The molecule has 0 aromatic rings. The molecule has 0 aliphatic heterocycles. The van der Waals surface area contributed by atoms with Crippen LogP contribution in [0.2, 0.25) is 0 Å². The van der Waals surface area contributed by atoms with Crippen molar-refractivity contribution in [2.75, 3.05) is 13.2 Å². The number of ketones is 2. The molecule has 7 fully saturated rings. The van der Waals surface area contributed by atoms with Crippen LogP contribution in [0, 0.1) is 82.9 Å². The lowest BCUT2D eigenvalue weighted by molar-refractivity contribution is -0.166. The van der Waals surface area contributed by atoms with Gasteiger partial charge in [0.25, 0.3) is 0 Å². The second-order valence-electron chi connectivity index (χ2n) is 10.8. The van der Waals surface area contributed by atoms with Gasteiger partial charge >= 0.3 is 11.9 Å². The van der Waals surface area contributed by atoms with Crippen LogP contribution in [0.15, 0.2) is 0 Å². The molecule has 0 heterocycles. The van der Waals surface area contributed by atoms with Gasteiger partial charge in [-0.15, -0.1) is 0 Å². The first-order chi connectivity index (χ1) is 14.5. The predicted molar refractivity (Wildman–Crippen MR) is 101 cm³/mol. The summed E-state index contributed by atoms with van der Waals surface area (Å²) < 4.78 is 10.6.